The van der Waals surface area contributed by atoms with E-state index in [4.69, 9.17) is 5.73 Å². The van der Waals surface area contributed by atoms with Crippen molar-refractivity contribution in [1.29, 1.82) is 0 Å². The molecular weight excluding hydrogens is 267 g/mol. The number of fused-ring (bicyclic) bond motifs is 1. The molecule has 2 aromatic heterocycles. The van der Waals surface area contributed by atoms with Crippen molar-refractivity contribution in [3.63, 3.8) is 0 Å². The van der Waals surface area contributed by atoms with Crippen LogP contribution >= 0.6 is 0 Å². The highest BCUT2D eigenvalue weighted by atomic mass is 19.4. The standard InChI is InChI=1S/C14H10F3N3/c15-14(16,17)10-2-1-3-11-9(10)6-13(20-11)12-5-4-8(18)7-19-12/h1-7,20H,18H2. The van der Waals surface area contributed by atoms with Crippen LogP contribution in [0, 0.1) is 0 Å². The summed E-state index contributed by atoms with van der Waals surface area (Å²) in [6, 6.07) is 8.81. The average Bonchev–Trinajstić information content (AvgIpc) is 2.81. The van der Waals surface area contributed by atoms with Crippen LogP contribution in [-0.4, -0.2) is 9.97 Å². The maximum Gasteiger partial charge on any atom is 0.417 e. The van der Waals surface area contributed by atoms with Gasteiger partial charge < -0.3 is 10.7 Å². The van der Waals surface area contributed by atoms with Crippen molar-refractivity contribution in [2.75, 3.05) is 5.73 Å². The van der Waals surface area contributed by atoms with Gasteiger partial charge in [0, 0.05) is 10.9 Å². The molecule has 0 unspecified atom stereocenters. The number of nitrogens with two attached hydrogens (primary N) is 1. The number of nitrogens with one attached hydrogen (secondary N) is 1. The van der Waals surface area contributed by atoms with Crippen LogP contribution < -0.4 is 5.73 Å². The van der Waals surface area contributed by atoms with Gasteiger partial charge in [-0.3, -0.25) is 4.98 Å². The normalized spacial score (nSPS) is 11.9. The minimum Gasteiger partial charge on any atom is -0.397 e. The molecule has 3 rings (SSSR count). The number of hydrogen-bond acceptors (Lipinski definition) is 2. The SMILES string of the molecule is Nc1ccc(-c2cc3c(C(F)(F)F)cccc3[nH]2)nc1. The number of alkyl halides is 3. The quantitative estimate of drug-likeness (QED) is 0.710. The van der Waals surface area contributed by atoms with Gasteiger partial charge in [0.05, 0.1) is 28.8 Å². The van der Waals surface area contributed by atoms with Crippen molar-refractivity contribution in [1.82, 2.24) is 9.97 Å². The second-order valence-electron chi connectivity index (χ2n) is 4.42. The Bertz CT molecular complexity index is 757. The lowest BCUT2D eigenvalue weighted by Crippen LogP contribution is -2.04. The van der Waals surface area contributed by atoms with Crippen LogP contribution in [0.1, 0.15) is 5.56 Å². The second-order valence-corrected chi connectivity index (χ2v) is 4.42. The fourth-order valence-electron chi connectivity index (χ4n) is 2.11. The summed E-state index contributed by atoms with van der Waals surface area (Å²) in [7, 11) is 0. The molecule has 2 heterocycles. The van der Waals surface area contributed by atoms with E-state index in [0.717, 1.165) is 6.07 Å². The Labute approximate surface area is 112 Å². The molecule has 0 amide bonds. The van der Waals surface area contributed by atoms with Crippen LogP contribution in [-0.2, 0) is 6.18 Å². The van der Waals surface area contributed by atoms with Crippen molar-refractivity contribution in [2.45, 2.75) is 6.18 Å². The summed E-state index contributed by atoms with van der Waals surface area (Å²) < 4.78 is 38.8. The first kappa shape index (κ1) is 12.5. The molecule has 3 nitrogen and oxygen atoms in total. The highest BCUT2D eigenvalue weighted by Gasteiger charge is 2.32. The van der Waals surface area contributed by atoms with Gasteiger partial charge in [-0.2, -0.15) is 13.2 Å². The second kappa shape index (κ2) is 4.26. The number of H-pyrrole nitrogens is 1. The Morgan fingerprint density at radius 2 is 1.90 bits per heavy atom. The molecule has 0 aliphatic rings. The number of rotatable bonds is 1. The first-order valence-electron chi connectivity index (χ1n) is 5.86. The zero-order valence-electron chi connectivity index (χ0n) is 10.2. The molecule has 0 atom stereocenters. The van der Waals surface area contributed by atoms with Gasteiger partial charge in [-0.25, -0.2) is 0 Å². The van der Waals surface area contributed by atoms with Gasteiger partial charge in [-0.1, -0.05) is 6.07 Å². The van der Waals surface area contributed by atoms with Gasteiger partial charge in [-0.05, 0) is 30.3 Å². The van der Waals surface area contributed by atoms with E-state index in [1.807, 2.05) is 0 Å². The molecule has 0 saturated carbocycles. The zero-order valence-corrected chi connectivity index (χ0v) is 10.2. The van der Waals surface area contributed by atoms with Gasteiger partial charge in [0.2, 0.25) is 0 Å². The van der Waals surface area contributed by atoms with E-state index in [1.165, 1.54) is 18.3 Å². The molecule has 3 aromatic rings. The lowest BCUT2D eigenvalue weighted by Gasteiger charge is -2.06. The number of nitrogen functional groups attached to an aromatic ring is 1. The van der Waals surface area contributed by atoms with Gasteiger partial charge >= 0.3 is 6.18 Å². The number of pyridine rings is 1. The Morgan fingerprint density at radius 3 is 2.55 bits per heavy atom. The van der Waals surface area contributed by atoms with Crippen LogP contribution in [0.5, 0.6) is 0 Å². The van der Waals surface area contributed by atoms with Crippen LogP contribution in [0.15, 0.2) is 42.6 Å². The smallest absolute Gasteiger partial charge is 0.397 e. The highest BCUT2D eigenvalue weighted by molar-refractivity contribution is 5.88. The molecule has 0 radical (unpaired) electrons. The highest BCUT2D eigenvalue weighted by Crippen LogP contribution is 2.36. The molecule has 0 bridgehead atoms. The summed E-state index contributed by atoms with van der Waals surface area (Å²) in [6.45, 7) is 0. The molecule has 0 spiro atoms. The van der Waals surface area contributed by atoms with Crippen LogP contribution in [0.3, 0.4) is 0 Å². The van der Waals surface area contributed by atoms with Crippen molar-refractivity contribution < 1.29 is 13.2 Å². The van der Waals surface area contributed by atoms with Crippen LogP contribution in [0.4, 0.5) is 18.9 Å². The number of aromatic amines is 1. The third-order valence-electron chi connectivity index (χ3n) is 3.03. The number of aromatic nitrogens is 2. The number of hydrogen-bond donors (Lipinski definition) is 2. The van der Waals surface area contributed by atoms with Crippen molar-refractivity contribution in [2.24, 2.45) is 0 Å². The molecule has 20 heavy (non-hydrogen) atoms. The minimum absolute atomic E-state index is 0.133. The summed E-state index contributed by atoms with van der Waals surface area (Å²) in [4.78, 5) is 7.04. The number of benzene rings is 1. The van der Waals surface area contributed by atoms with Crippen LogP contribution in [0.2, 0.25) is 0 Å². The van der Waals surface area contributed by atoms with E-state index < -0.39 is 11.7 Å². The molecule has 0 saturated heterocycles. The maximum atomic E-state index is 12.9. The number of anilines is 1. The predicted octanol–water partition coefficient (Wildman–Crippen LogP) is 3.83. The van der Waals surface area contributed by atoms with E-state index in [0.29, 0.717) is 22.6 Å². The van der Waals surface area contributed by atoms with Gasteiger partial charge in [0.1, 0.15) is 0 Å². The third-order valence-corrected chi connectivity index (χ3v) is 3.03. The molecule has 0 aliphatic carbocycles. The zero-order chi connectivity index (χ0) is 14.3. The summed E-state index contributed by atoms with van der Waals surface area (Å²) in [5, 5.41) is 0.133. The molecule has 0 fully saturated rings. The van der Waals surface area contributed by atoms with Gasteiger partial charge in [0.15, 0.2) is 0 Å². The Balaban J connectivity index is 2.18. The first-order valence-corrected chi connectivity index (χ1v) is 5.86. The third kappa shape index (κ3) is 2.09. The average molecular weight is 277 g/mol. The summed E-state index contributed by atoms with van der Waals surface area (Å²) in [6.07, 6.45) is -2.92. The fourth-order valence-corrected chi connectivity index (χ4v) is 2.11. The first-order chi connectivity index (χ1) is 9.45. The topological polar surface area (TPSA) is 54.7 Å². The molecule has 1 aromatic carbocycles. The van der Waals surface area contributed by atoms with E-state index in [2.05, 4.69) is 9.97 Å². The molecule has 102 valence electrons. The lowest BCUT2D eigenvalue weighted by molar-refractivity contribution is -0.136. The number of nitrogens with zero attached hydrogens (tertiary/aromatic N) is 1. The van der Waals surface area contributed by atoms with Crippen molar-refractivity contribution in [3.8, 4) is 11.4 Å². The number of halogens is 3. The van der Waals surface area contributed by atoms with E-state index >= 15 is 0 Å². The molecule has 0 aliphatic heterocycles. The van der Waals surface area contributed by atoms with Crippen molar-refractivity contribution >= 4 is 16.6 Å². The lowest BCUT2D eigenvalue weighted by atomic mass is 10.1. The summed E-state index contributed by atoms with van der Waals surface area (Å²) in [5.74, 6) is 0. The monoisotopic (exact) mass is 277 g/mol. The van der Waals surface area contributed by atoms with Crippen molar-refractivity contribution in [3.05, 3.63) is 48.2 Å². The van der Waals surface area contributed by atoms with E-state index in [9.17, 15) is 13.2 Å². The Kier molecular flexibility index (Phi) is 2.67. The Morgan fingerprint density at radius 1 is 1.10 bits per heavy atom. The molecule has 6 heteroatoms. The minimum atomic E-state index is -4.38. The molecular formula is C14H10F3N3. The summed E-state index contributed by atoms with van der Waals surface area (Å²) >= 11 is 0. The fraction of sp³-hybridized carbons (Fsp3) is 0.0714. The van der Waals surface area contributed by atoms with Gasteiger partial charge in [0.25, 0.3) is 0 Å². The summed E-state index contributed by atoms with van der Waals surface area (Å²) in [5.41, 5.74) is 6.88. The Hall–Kier alpha value is -2.50. The van der Waals surface area contributed by atoms with E-state index in [1.54, 1.807) is 18.2 Å². The maximum absolute atomic E-state index is 12.9. The van der Waals surface area contributed by atoms with Gasteiger partial charge in [-0.15, -0.1) is 0 Å². The van der Waals surface area contributed by atoms with Crippen LogP contribution in [0.25, 0.3) is 22.3 Å². The molecule has 3 N–H and O–H groups in total. The largest absolute Gasteiger partial charge is 0.417 e. The predicted molar refractivity (Wildman–Crippen MR) is 70.9 cm³/mol. The van der Waals surface area contributed by atoms with E-state index in [-0.39, 0.29) is 5.39 Å².